The van der Waals surface area contributed by atoms with E-state index in [0.29, 0.717) is 0 Å². The zero-order valence-corrected chi connectivity index (χ0v) is 10.5. The average Bonchev–Trinajstić information content (AvgIpc) is 2.32. The van der Waals surface area contributed by atoms with Gasteiger partial charge in [0.15, 0.2) is 11.6 Å². The Bertz CT molecular complexity index is 477. The van der Waals surface area contributed by atoms with Crippen molar-refractivity contribution in [2.24, 2.45) is 0 Å². The molecule has 1 atom stereocenters. The third-order valence-electron chi connectivity index (χ3n) is 2.58. The van der Waals surface area contributed by atoms with Crippen molar-refractivity contribution in [3.05, 3.63) is 35.4 Å². The highest BCUT2D eigenvalue weighted by Crippen LogP contribution is 2.12. The Hall–Kier alpha value is -1.98. The van der Waals surface area contributed by atoms with E-state index in [0.717, 1.165) is 6.07 Å². The van der Waals surface area contributed by atoms with Crippen LogP contribution in [0.4, 0.5) is 8.78 Å². The van der Waals surface area contributed by atoms with Gasteiger partial charge >= 0.3 is 5.97 Å². The van der Waals surface area contributed by atoms with E-state index in [9.17, 15) is 18.4 Å². The van der Waals surface area contributed by atoms with Gasteiger partial charge in [-0.05, 0) is 19.4 Å². The van der Waals surface area contributed by atoms with Gasteiger partial charge in [0, 0.05) is 18.0 Å². The van der Waals surface area contributed by atoms with E-state index in [2.05, 4.69) is 5.32 Å². The average molecular weight is 271 g/mol. The van der Waals surface area contributed by atoms with Crippen molar-refractivity contribution in [3.63, 3.8) is 0 Å². The Morgan fingerprint density at radius 2 is 2.05 bits per heavy atom. The Balaban J connectivity index is 2.51. The third-order valence-corrected chi connectivity index (χ3v) is 2.58. The largest absolute Gasteiger partial charge is 0.481 e. The lowest BCUT2D eigenvalue weighted by Gasteiger charge is -2.13. The lowest BCUT2D eigenvalue weighted by Crippen LogP contribution is -2.34. The van der Waals surface area contributed by atoms with E-state index in [1.54, 1.807) is 6.92 Å². The number of halogens is 2. The first-order valence-corrected chi connectivity index (χ1v) is 5.84. The fourth-order valence-corrected chi connectivity index (χ4v) is 1.60. The van der Waals surface area contributed by atoms with E-state index in [1.165, 1.54) is 12.1 Å². The minimum absolute atomic E-state index is 0.0251. The van der Waals surface area contributed by atoms with Gasteiger partial charge in [0.1, 0.15) is 0 Å². The molecule has 1 rings (SSSR count). The van der Waals surface area contributed by atoms with Gasteiger partial charge < -0.3 is 10.4 Å². The molecule has 104 valence electrons. The summed E-state index contributed by atoms with van der Waals surface area (Å²) in [5.74, 6) is -3.44. The van der Waals surface area contributed by atoms with Gasteiger partial charge in [0.2, 0.25) is 5.91 Å². The fraction of sp³-hybridized carbons (Fsp3) is 0.385. The quantitative estimate of drug-likeness (QED) is 0.830. The van der Waals surface area contributed by atoms with Crippen molar-refractivity contribution in [2.45, 2.75) is 32.2 Å². The number of carboxylic acids is 1. The summed E-state index contributed by atoms with van der Waals surface area (Å²) < 4.78 is 26.3. The summed E-state index contributed by atoms with van der Waals surface area (Å²) in [6, 6.07) is 3.31. The molecule has 0 bridgehead atoms. The predicted molar refractivity (Wildman–Crippen MR) is 64.5 cm³/mol. The normalized spacial score (nSPS) is 11.9. The van der Waals surface area contributed by atoms with Crippen molar-refractivity contribution >= 4 is 11.9 Å². The number of carbonyl (C=O) groups excluding carboxylic acids is 1. The van der Waals surface area contributed by atoms with Gasteiger partial charge in [-0.3, -0.25) is 9.59 Å². The lowest BCUT2D eigenvalue weighted by atomic mass is 10.1. The smallest absolute Gasteiger partial charge is 0.303 e. The monoisotopic (exact) mass is 271 g/mol. The molecule has 0 fully saturated rings. The van der Waals surface area contributed by atoms with Crippen LogP contribution in [0.5, 0.6) is 0 Å². The number of rotatable bonds is 6. The van der Waals surface area contributed by atoms with Gasteiger partial charge in [-0.25, -0.2) is 8.78 Å². The highest BCUT2D eigenvalue weighted by Gasteiger charge is 2.13. The van der Waals surface area contributed by atoms with E-state index in [4.69, 9.17) is 5.11 Å². The van der Waals surface area contributed by atoms with Crippen LogP contribution in [0.25, 0.3) is 0 Å². The number of amides is 1. The number of nitrogens with one attached hydrogen (secondary N) is 1. The van der Waals surface area contributed by atoms with Gasteiger partial charge in [-0.1, -0.05) is 12.1 Å². The molecule has 0 aliphatic rings. The Morgan fingerprint density at radius 3 is 2.68 bits per heavy atom. The minimum Gasteiger partial charge on any atom is -0.481 e. The summed E-state index contributed by atoms with van der Waals surface area (Å²) in [6.07, 6.45) is -0.0521. The van der Waals surface area contributed by atoms with E-state index in [1.807, 2.05) is 0 Å². The Morgan fingerprint density at radius 1 is 1.37 bits per heavy atom. The molecule has 6 heteroatoms. The number of aliphatic carboxylic acids is 1. The summed E-state index contributed by atoms with van der Waals surface area (Å²) >= 11 is 0. The van der Waals surface area contributed by atoms with Crippen molar-refractivity contribution in [3.8, 4) is 0 Å². The van der Waals surface area contributed by atoms with Crippen LogP contribution in [-0.2, 0) is 16.0 Å². The molecule has 1 aromatic rings. The maximum absolute atomic E-state index is 13.3. The van der Waals surface area contributed by atoms with Gasteiger partial charge in [-0.15, -0.1) is 0 Å². The maximum atomic E-state index is 13.3. The first-order valence-electron chi connectivity index (χ1n) is 5.84. The summed E-state index contributed by atoms with van der Waals surface area (Å²) in [6.45, 7) is 1.66. The van der Waals surface area contributed by atoms with Crippen LogP contribution < -0.4 is 5.32 Å². The van der Waals surface area contributed by atoms with Crippen molar-refractivity contribution < 1.29 is 23.5 Å². The molecule has 0 saturated carbocycles. The SMILES string of the molecule is CC(CCC(=O)O)NC(=O)Cc1cccc(F)c1F. The topological polar surface area (TPSA) is 66.4 Å². The lowest BCUT2D eigenvalue weighted by molar-refractivity contribution is -0.137. The zero-order valence-electron chi connectivity index (χ0n) is 10.5. The molecule has 0 saturated heterocycles. The number of carbonyl (C=O) groups is 2. The number of hydrogen-bond donors (Lipinski definition) is 2. The van der Waals surface area contributed by atoms with Crippen LogP contribution in [0.1, 0.15) is 25.3 Å². The molecule has 0 heterocycles. The molecule has 1 amide bonds. The minimum atomic E-state index is -1.03. The molecule has 0 aliphatic heterocycles. The van der Waals surface area contributed by atoms with Crippen LogP contribution in [0.2, 0.25) is 0 Å². The highest BCUT2D eigenvalue weighted by atomic mass is 19.2. The maximum Gasteiger partial charge on any atom is 0.303 e. The molecule has 1 unspecified atom stereocenters. The molecule has 0 spiro atoms. The van der Waals surface area contributed by atoms with Crippen molar-refractivity contribution in [1.82, 2.24) is 5.32 Å². The summed E-state index contributed by atoms with van der Waals surface area (Å²) in [5, 5.41) is 11.0. The molecular weight excluding hydrogens is 256 g/mol. The van der Waals surface area contributed by atoms with Crippen LogP contribution in [0.3, 0.4) is 0 Å². The molecule has 1 aromatic carbocycles. The number of benzene rings is 1. The molecule has 0 aliphatic carbocycles. The van der Waals surface area contributed by atoms with Crippen molar-refractivity contribution in [2.75, 3.05) is 0 Å². The first-order chi connectivity index (χ1) is 8.90. The van der Waals surface area contributed by atoms with E-state index < -0.39 is 23.5 Å². The van der Waals surface area contributed by atoms with Gasteiger partial charge in [-0.2, -0.15) is 0 Å². The second kappa shape index (κ2) is 6.82. The second-order valence-corrected chi connectivity index (χ2v) is 4.29. The molecular formula is C13H15F2NO3. The highest BCUT2D eigenvalue weighted by molar-refractivity contribution is 5.79. The molecule has 0 aromatic heterocycles. The Kier molecular flexibility index (Phi) is 5.41. The summed E-state index contributed by atoms with van der Waals surface area (Å²) in [4.78, 5) is 21.9. The zero-order chi connectivity index (χ0) is 14.4. The van der Waals surface area contributed by atoms with Gasteiger partial charge in [0.25, 0.3) is 0 Å². The Labute approximate surface area is 109 Å². The number of hydrogen-bond acceptors (Lipinski definition) is 2. The van der Waals surface area contributed by atoms with E-state index >= 15 is 0 Å². The standard InChI is InChI=1S/C13H15F2NO3/c1-8(5-6-12(18)19)16-11(17)7-9-3-2-4-10(14)13(9)15/h2-4,8H,5-7H2,1H3,(H,16,17)(H,18,19). The fourth-order valence-electron chi connectivity index (χ4n) is 1.60. The molecule has 19 heavy (non-hydrogen) atoms. The second-order valence-electron chi connectivity index (χ2n) is 4.29. The first kappa shape index (κ1) is 15.1. The summed E-state index contributed by atoms with van der Waals surface area (Å²) in [5.41, 5.74) is -0.0251. The predicted octanol–water partition coefficient (Wildman–Crippen LogP) is 1.88. The number of carboxylic acid groups (broad SMARTS) is 1. The van der Waals surface area contributed by atoms with Crippen LogP contribution in [0.15, 0.2) is 18.2 Å². The van der Waals surface area contributed by atoms with Crippen molar-refractivity contribution in [1.29, 1.82) is 0 Å². The molecule has 0 radical (unpaired) electrons. The van der Waals surface area contributed by atoms with E-state index in [-0.39, 0.29) is 30.9 Å². The molecule has 4 nitrogen and oxygen atoms in total. The van der Waals surface area contributed by atoms with Crippen LogP contribution >= 0.6 is 0 Å². The van der Waals surface area contributed by atoms with Crippen LogP contribution in [-0.4, -0.2) is 23.0 Å². The van der Waals surface area contributed by atoms with Gasteiger partial charge in [0.05, 0.1) is 6.42 Å². The summed E-state index contributed by atoms with van der Waals surface area (Å²) in [7, 11) is 0. The molecule has 2 N–H and O–H groups in total. The third kappa shape index (κ3) is 5.03. The van der Waals surface area contributed by atoms with Crippen LogP contribution in [0, 0.1) is 11.6 Å².